The van der Waals surface area contributed by atoms with Crippen LogP contribution in [-0.2, 0) is 6.42 Å². The predicted molar refractivity (Wildman–Crippen MR) is 109 cm³/mol. The Morgan fingerprint density at radius 2 is 2.14 bits per heavy atom. The summed E-state index contributed by atoms with van der Waals surface area (Å²) in [5.74, 6) is 0.754. The van der Waals surface area contributed by atoms with Crippen LogP contribution in [0.3, 0.4) is 0 Å². The summed E-state index contributed by atoms with van der Waals surface area (Å²) in [5.41, 5.74) is 3.76. The van der Waals surface area contributed by atoms with Crippen molar-refractivity contribution in [2.24, 2.45) is 0 Å². The largest absolute Gasteiger partial charge is 0.342 e. The summed E-state index contributed by atoms with van der Waals surface area (Å²) in [7, 11) is 0. The first-order chi connectivity index (χ1) is 13.7. The Kier molecular flexibility index (Phi) is 5.38. The van der Waals surface area contributed by atoms with Gasteiger partial charge in [-0.05, 0) is 57.5 Å². The van der Waals surface area contributed by atoms with Gasteiger partial charge < -0.3 is 15.6 Å². The van der Waals surface area contributed by atoms with Gasteiger partial charge in [0, 0.05) is 12.1 Å². The first-order valence-corrected chi connectivity index (χ1v) is 10.1. The molecule has 1 saturated heterocycles. The van der Waals surface area contributed by atoms with Gasteiger partial charge >= 0.3 is 0 Å². The normalized spacial score (nSPS) is 15.2. The zero-order valence-electron chi connectivity index (χ0n) is 16.5. The third-order valence-corrected chi connectivity index (χ3v) is 5.35. The van der Waals surface area contributed by atoms with Crippen molar-refractivity contribution in [3.05, 3.63) is 35.4 Å². The zero-order chi connectivity index (χ0) is 19.5. The van der Waals surface area contributed by atoms with E-state index >= 15 is 0 Å². The molecule has 1 aliphatic heterocycles. The van der Waals surface area contributed by atoms with Crippen LogP contribution in [0.4, 0.5) is 5.69 Å². The van der Waals surface area contributed by atoms with Crippen molar-refractivity contribution in [3.63, 3.8) is 0 Å². The summed E-state index contributed by atoms with van der Waals surface area (Å²) < 4.78 is 1.90. The van der Waals surface area contributed by atoms with Gasteiger partial charge in [-0.1, -0.05) is 18.6 Å². The minimum atomic E-state index is -0.234. The molecule has 4 rings (SSSR count). The van der Waals surface area contributed by atoms with E-state index in [0.717, 1.165) is 73.4 Å². The van der Waals surface area contributed by atoms with E-state index in [1.165, 1.54) is 0 Å². The van der Waals surface area contributed by atoms with Crippen LogP contribution in [0.2, 0.25) is 0 Å². The van der Waals surface area contributed by atoms with E-state index in [1.54, 1.807) is 0 Å². The quantitative estimate of drug-likeness (QED) is 0.609. The van der Waals surface area contributed by atoms with Crippen molar-refractivity contribution in [2.75, 3.05) is 18.4 Å². The number of nitrogens with zero attached hydrogens (tertiary/aromatic N) is 4. The third kappa shape index (κ3) is 3.77. The highest BCUT2D eigenvalue weighted by Crippen LogP contribution is 2.22. The number of nitrogens with one attached hydrogen (secondary N) is 3. The lowest BCUT2D eigenvalue weighted by Crippen LogP contribution is -2.30. The summed E-state index contributed by atoms with van der Waals surface area (Å²) in [6.45, 7) is 6.01. The summed E-state index contributed by atoms with van der Waals surface area (Å²) in [6, 6.07) is 6.02. The monoisotopic (exact) mass is 381 g/mol. The molecule has 0 unspecified atom stereocenters. The van der Waals surface area contributed by atoms with Gasteiger partial charge in [-0.3, -0.25) is 4.79 Å². The second-order valence-corrected chi connectivity index (χ2v) is 7.42. The predicted octanol–water partition coefficient (Wildman–Crippen LogP) is 2.98. The lowest BCUT2D eigenvalue weighted by molar-refractivity contribution is 0.102. The van der Waals surface area contributed by atoms with Gasteiger partial charge in [-0.15, -0.1) is 5.10 Å². The average Bonchev–Trinajstić information content (AvgIpc) is 3.29. The molecule has 0 spiro atoms. The number of fused-ring (bicyclic) bond motifs is 1. The lowest BCUT2D eigenvalue weighted by atomic mass is 10.1. The molecule has 8 heteroatoms. The minimum absolute atomic E-state index is 0.234. The van der Waals surface area contributed by atoms with Gasteiger partial charge in [-0.25, -0.2) is 9.67 Å². The molecule has 1 aromatic carbocycles. The number of carbonyl (C=O) groups is 1. The molecule has 148 valence electrons. The maximum atomic E-state index is 12.7. The molecule has 8 nitrogen and oxygen atoms in total. The number of aromatic amines is 1. The van der Waals surface area contributed by atoms with E-state index in [2.05, 4.69) is 37.8 Å². The number of piperidine rings is 1. The summed E-state index contributed by atoms with van der Waals surface area (Å²) in [5, 5.41) is 14.7. The topological polar surface area (TPSA) is 101 Å². The number of carbonyl (C=O) groups excluding carboxylic acids is 1. The highest BCUT2D eigenvalue weighted by molar-refractivity contribution is 6.04. The van der Waals surface area contributed by atoms with Crippen molar-refractivity contribution in [2.45, 2.75) is 52.0 Å². The zero-order valence-corrected chi connectivity index (χ0v) is 16.5. The summed E-state index contributed by atoms with van der Waals surface area (Å²) >= 11 is 0. The Labute approximate surface area is 164 Å². The second kappa shape index (κ2) is 8.10. The molecule has 3 N–H and O–H groups in total. The summed E-state index contributed by atoms with van der Waals surface area (Å²) in [4.78, 5) is 20.7. The van der Waals surface area contributed by atoms with Gasteiger partial charge in [0.1, 0.15) is 5.82 Å². The molecule has 3 aromatic rings. The first-order valence-electron chi connectivity index (χ1n) is 10.1. The molecule has 0 radical (unpaired) electrons. The highest BCUT2D eigenvalue weighted by Gasteiger charge is 2.23. The van der Waals surface area contributed by atoms with Gasteiger partial charge in [0.15, 0.2) is 5.69 Å². The molecule has 0 aliphatic carbocycles. The number of aryl methyl sites for hydroxylation is 1. The standard InChI is InChI=1S/C20H27N7O/c1-3-4-5-18-23-16-7-6-14(12-17(16)24-18)22-20(28)19-13(2)27(26-25-19)15-8-10-21-11-9-15/h6-7,12,15,21H,3-5,8-11H2,1-2H3,(H,22,28)(H,23,24). The van der Waals surface area contributed by atoms with Crippen molar-refractivity contribution in [1.29, 1.82) is 0 Å². The number of amides is 1. The Hall–Kier alpha value is -2.74. The number of hydrogen-bond acceptors (Lipinski definition) is 5. The van der Waals surface area contributed by atoms with Crippen molar-refractivity contribution < 1.29 is 4.79 Å². The fraction of sp³-hybridized carbons (Fsp3) is 0.500. The molecule has 0 saturated carbocycles. The number of benzene rings is 1. The fourth-order valence-corrected chi connectivity index (χ4v) is 3.74. The van der Waals surface area contributed by atoms with E-state index < -0.39 is 0 Å². The van der Waals surface area contributed by atoms with E-state index in [9.17, 15) is 4.79 Å². The molecule has 28 heavy (non-hydrogen) atoms. The highest BCUT2D eigenvalue weighted by atomic mass is 16.2. The van der Waals surface area contributed by atoms with E-state index in [1.807, 2.05) is 29.8 Å². The van der Waals surface area contributed by atoms with E-state index in [0.29, 0.717) is 11.7 Å². The number of hydrogen-bond donors (Lipinski definition) is 3. The van der Waals surface area contributed by atoms with Gasteiger partial charge in [0.25, 0.3) is 5.91 Å². The van der Waals surface area contributed by atoms with Gasteiger partial charge in [-0.2, -0.15) is 0 Å². The number of aromatic nitrogens is 5. The Morgan fingerprint density at radius 1 is 1.32 bits per heavy atom. The smallest absolute Gasteiger partial charge is 0.278 e. The van der Waals surface area contributed by atoms with Crippen molar-refractivity contribution in [1.82, 2.24) is 30.3 Å². The van der Waals surface area contributed by atoms with Gasteiger partial charge in [0.2, 0.25) is 0 Å². The molecule has 1 aliphatic rings. The van der Waals surface area contributed by atoms with Crippen LogP contribution in [-0.4, -0.2) is 44.0 Å². The van der Waals surface area contributed by atoms with Crippen LogP contribution in [0.15, 0.2) is 18.2 Å². The van der Waals surface area contributed by atoms with Crippen molar-refractivity contribution in [3.8, 4) is 0 Å². The fourth-order valence-electron chi connectivity index (χ4n) is 3.74. The molecule has 0 atom stereocenters. The number of anilines is 1. The van der Waals surface area contributed by atoms with Crippen LogP contribution < -0.4 is 10.6 Å². The van der Waals surface area contributed by atoms with E-state index in [4.69, 9.17) is 0 Å². The maximum Gasteiger partial charge on any atom is 0.278 e. The average molecular weight is 381 g/mol. The maximum absolute atomic E-state index is 12.7. The SMILES string of the molecule is CCCCc1nc2ccc(NC(=O)c3nnn(C4CCNCC4)c3C)cc2[nH]1. The third-order valence-electron chi connectivity index (χ3n) is 5.35. The molecule has 3 heterocycles. The van der Waals surface area contributed by atoms with Gasteiger partial charge in [0.05, 0.1) is 22.8 Å². The molecule has 2 aromatic heterocycles. The van der Waals surface area contributed by atoms with Crippen LogP contribution in [0.1, 0.15) is 60.7 Å². The van der Waals surface area contributed by atoms with Crippen molar-refractivity contribution >= 4 is 22.6 Å². The number of unbranched alkanes of at least 4 members (excludes halogenated alkanes) is 1. The number of imidazole rings is 1. The molecular weight excluding hydrogens is 354 g/mol. The number of rotatable bonds is 6. The molecule has 0 bridgehead atoms. The lowest BCUT2D eigenvalue weighted by Gasteiger charge is -2.23. The van der Waals surface area contributed by atoms with Crippen LogP contribution >= 0.6 is 0 Å². The van der Waals surface area contributed by atoms with Crippen LogP contribution in [0, 0.1) is 6.92 Å². The summed E-state index contributed by atoms with van der Waals surface area (Å²) in [6.07, 6.45) is 5.18. The molecule has 1 amide bonds. The molecular formula is C20H27N7O. The molecule has 1 fully saturated rings. The second-order valence-electron chi connectivity index (χ2n) is 7.42. The number of H-pyrrole nitrogens is 1. The Balaban J connectivity index is 1.49. The Bertz CT molecular complexity index is 968. The minimum Gasteiger partial charge on any atom is -0.342 e. The first kappa shape index (κ1) is 18.6. The van der Waals surface area contributed by atoms with Crippen LogP contribution in [0.5, 0.6) is 0 Å². The van der Waals surface area contributed by atoms with Crippen LogP contribution in [0.25, 0.3) is 11.0 Å². The Morgan fingerprint density at radius 3 is 2.93 bits per heavy atom. The van der Waals surface area contributed by atoms with E-state index in [-0.39, 0.29) is 5.91 Å².